The third-order valence-corrected chi connectivity index (χ3v) is 2.95. The van der Waals surface area contributed by atoms with Crippen LogP contribution < -0.4 is 5.32 Å². The lowest BCUT2D eigenvalue weighted by Gasteiger charge is -2.02. The molecule has 3 aromatic rings. The molecule has 0 saturated carbocycles. The van der Waals surface area contributed by atoms with E-state index in [1.54, 1.807) is 0 Å². The van der Waals surface area contributed by atoms with Crippen LogP contribution in [0, 0.1) is 5.82 Å². The number of hydrogen-bond donors (Lipinski definition) is 1. The average Bonchev–Trinajstić information content (AvgIpc) is 2.88. The van der Waals surface area contributed by atoms with Gasteiger partial charge in [0.1, 0.15) is 11.5 Å². The molecule has 0 aliphatic heterocycles. The first-order valence-electron chi connectivity index (χ1n) is 6.19. The molecule has 20 heavy (non-hydrogen) atoms. The van der Waals surface area contributed by atoms with Crippen molar-refractivity contribution in [2.24, 2.45) is 0 Å². The van der Waals surface area contributed by atoms with Crippen LogP contribution in [0.3, 0.4) is 0 Å². The molecule has 0 fully saturated rings. The number of imidazole rings is 1. The van der Waals surface area contributed by atoms with E-state index in [0.717, 1.165) is 11.3 Å². The Morgan fingerprint density at radius 1 is 1.20 bits per heavy atom. The number of halogens is 1. The fourth-order valence-electron chi connectivity index (χ4n) is 1.95. The summed E-state index contributed by atoms with van der Waals surface area (Å²) in [6.07, 6.45) is 3.76. The second-order valence-corrected chi connectivity index (χ2v) is 4.39. The summed E-state index contributed by atoms with van der Waals surface area (Å²) in [4.78, 5) is 16.3. The standard InChI is InChI=1S/C15H12FN3O/c16-12-6-4-11(5-7-12)15(20)17-9-13-10-19-8-2-1-3-14(19)18-13/h1-8,10H,9H2,(H,17,20). The number of carbonyl (C=O) groups is 1. The van der Waals surface area contributed by atoms with Crippen molar-refractivity contribution < 1.29 is 9.18 Å². The summed E-state index contributed by atoms with van der Waals surface area (Å²) in [7, 11) is 0. The fraction of sp³-hybridized carbons (Fsp3) is 0.0667. The molecule has 100 valence electrons. The molecule has 0 radical (unpaired) electrons. The summed E-state index contributed by atoms with van der Waals surface area (Å²) >= 11 is 0. The highest BCUT2D eigenvalue weighted by molar-refractivity contribution is 5.94. The Hall–Kier alpha value is -2.69. The van der Waals surface area contributed by atoms with Crippen molar-refractivity contribution in [3.63, 3.8) is 0 Å². The molecule has 1 aromatic carbocycles. The van der Waals surface area contributed by atoms with Crippen LogP contribution in [0.2, 0.25) is 0 Å². The van der Waals surface area contributed by atoms with E-state index in [1.807, 2.05) is 35.0 Å². The smallest absolute Gasteiger partial charge is 0.251 e. The quantitative estimate of drug-likeness (QED) is 0.793. The average molecular weight is 269 g/mol. The van der Waals surface area contributed by atoms with Crippen molar-refractivity contribution >= 4 is 11.6 Å². The number of fused-ring (bicyclic) bond motifs is 1. The number of nitrogens with one attached hydrogen (secondary N) is 1. The number of carbonyl (C=O) groups excluding carboxylic acids is 1. The summed E-state index contributed by atoms with van der Waals surface area (Å²) in [5.41, 5.74) is 2.03. The first-order valence-corrected chi connectivity index (χ1v) is 6.19. The molecule has 1 N–H and O–H groups in total. The van der Waals surface area contributed by atoms with Crippen molar-refractivity contribution in [2.75, 3.05) is 0 Å². The van der Waals surface area contributed by atoms with Crippen LogP contribution in [0.25, 0.3) is 5.65 Å². The summed E-state index contributed by atoms with van der Waals surface area (Å²) < 4.78 is 14.7. The molecule has 0 unspecified atom stereocenters. The van der Waals surface area contributed by atoms with Crippen LogP contribution in [-0.2, 0) is 6.54 Å². The molecular formula is C15H12FN3O. The Balaban J connectivity index is 1.69. The minimum atomic E-state index is -0.359. The number of amides is 1. The van der Waals surface area contributed by atoms with E-state index in [4.69, 9.17) is 0 Å². The number of hydrogen-bond acceptors (Lipinski definition) is 2. The van der Waals surface area contributed by atoms with Crippen LogP contribution in [0.1, 0.15) is 16.1 Å². The lowest BCUT2D eigenvalue weighted by Crippen LogP contribution is -2.22. The number of rotatable bonds is 3. The van der Waals surface area contributed by atoms with Crippen LogP contribution in [0.4, 0.5) is 4.39 Å². The Labute approximate surface area is 114 Å². The molecule has 4 nitrogen and oxygen atoms in total. The molecule has 0 aliphatic rings. The van der Waals surface area contributed by atoms with E-state index >= 15 is 0 Å². The molecule has 2 heterocycles. The van der Waals surface area contributed by atoms with Gasteiger partial charge in [-0.15, -0.1) is 0 Å². The third-order valence-electron chi connectivity index (χ3n) is 2.95. The topological polar surface area (TPSA) is 46.4 Å². The van der Waals surface area contributed by atoms with Crippen molar-refractivity contribution in [1.29, 1.82) is 0 Å². The van der Waals surface area contributed by atoms with Gasteiger partial charge in [0, 0.05) is 18.0 Å². The van der Waals surface area contributed by atoms with Gasteiger partial charge in [-0.05, 0) is 36.4 Å². The minimum Gasteiger partial charge on any atom is -0.346 e. The minimum absolute atomic E-state index is 0.248. The van der Waals surface area contributed by atoms with E-state index in [9.17, 15) is 9.18 Å². The molecule has 3 rings (SSSR count). The van der Waals surface area contributed by atoms with Gasteiger partial charge in [-0.2, -0.15) is 0 Å². The van der Waals surface area contributed by atoms with Crippen molar-refractivity contribution in [3.8, 4) is 0 Å². The van der Waals surface area contributed by atoms with Gasteiger partial charge >= 0.3 is 0 Å². The zero-order valence-electron chi connectivity index (χ0n) is 10.6. The molecule has 0 atom stereocenters. The van der Waals surface area contributed by atoms with E-state index < -0.39 is 0 Å². The lowest BCUT2D eigenvalue weighted by atomic mass is 10.2. The molecule has 0 aliphatic carbocycles. The maximum Gasteiger partial charge on any atom is 0.251 e. The molecule has 1 amide bonds. The predicted octanol–water partition coefficient (Wildman–Crippen LogP) is 2.40. The fourth-order valence-corrected chi connectivity index (χ4v) is 1.95. The van der Waals surface area contributed by atoms with Gasteiger partial charge < -0.3 is 9.72 Å². The zero-order valence-corrected chi connectivity index (χ0v) is 10.6. The molecule has 5 heteroatoms. The maximum absolute atomic E-state index is 12.8. The highest BCUT2D eigenvalue weighted by Gasteiger charge is 2.07. The second kappa shape index (κ2) is 5.13. The molecular weight excluding hydrogens is 257 g/mol. The Kier molecular flexibility index (Phi) is 3.16. The number of nitrogens with zero attached hydrogens (tertiary/aromatic N) is 2. The van der Waals surface area contributed by atoms with E-state index in [1.165, 1.54) is 24.3 Å². The van der Waals surface area contributed by atoms with Crippen LogP contribution in [0.15, 0.2) is 54.9 Å². The number of pyridine rings is 1. The van der Waals surface area contributed by atoms with Crippen LogP contribution >= 0.6 is 0 Å². The third kappa shape index (κ3) is 2.51. The highest BCUT2D eigenvalue weighted by atomic mass is 19.1. The Morgan fingerprint density at radius 2 is 2.00 bits per heavy atom. The van der Waals surface area contributed by atoms with E-state index in [2.05, 4.69) is 10.3 Å². The first-order chi connectivity index (χ1) is 9.72. The van der Waals surface area contributed by atoms with Gasteiger partial charge in [-0.3, -0.25) is 4.79 Å². The number of benzene rings is 1. The zero-order chi connectivity index (χ0) is 13.9. The van der Waals surface area contributed by atoms with Crippen LogP contribution in [0.5, 0.6) is 0 Å². The van der Waals surface area contributed by atoms with Crippen LogP contribution in [-0.4, -0.2) is 15.3 Å². The van der Waals surface area contributed by atoms with Gasteiger partial charge in [0.25, 0.3) is 5.91 Å². The summed E-state index contributed by atoms with van der Waals surface area (Å²) in [6.45, 7) is 0.331. The summed E-state index contributed by atoms with van der Waals surface area (Å²) in [6, 6.07) is 11.1. The second-order valence-electron chi connectivity index (χ2n) is 4.39. The molecule has 0 spiro atoms. The highest BCUT2D eigenvalue weighted by Crippen LogP contribution is 2.06. The van der Waals surface area contributed by atoms with Gasteiger partial charge in [0.15, 0.2) is 0 Å². The predicted molar refractivity (Wildman–Crippen MR) is 72.8 cm³/mol. The molecule has 0 bridgehead atoms. The van der Waals surface area contributed by atoms with Crippen molar-refractivity contribution in [1.82, 2.24) is 14.7 Å². The molecule has 0 saturated heterocycles. The lowest BCUT2D eigenvalue weighted by molar-refractivity contribution is 0.0950. The van der Waals surface area contributed by atoms with Gasteiger partial charge in [-0.25, -0.2) is 9.37 Å². The van der Waals surface area contributed by atoms with E-state index in [-0.39, 0.29) is 11.7 Å². The normalized spacial score (nSPS) is 10.7. The maximum atomic E-state index is 12.8. The van der Waals surface area contributed by atoms with Crippen molar-refractivity contribution in [2.45, 2.75) is 6.54 Å². The van der Waals surface area contributed by atoms with E-state index in [0.29, 0.717) is 12.1 Å². The monoisotopic (exact) mass is 269 g/mol. The number of aromatic nitrogens is 2. The Bertz CT molecular complexity index is 716. The van der Waals surface area contributed by atoms with Gasteiger partial charge in [0.05, 0.1) is 12.2 Å². The Morgan fingerprint density at radius 3 is 2.75 bits per heavy atom. The summed E-state index contributed by atoms with van der Waals surface area (Å²) in [5.74, 6) is -0.607. The van der Waals surface area contributed by atoms with Gasteiger partial charge in [0.2, 0.25) is 0 Å². The largest absolute Gasteiger partial charge is 0.346 e. The van der Waals surface area contributed by atoms with Gasteiger partial charge in [-0.1, -0.05) is 6.07 Å². The first kappa shape index (κ1) is 12.3. The molecule has 2 aromatic heterocycles. The summed E-state index contributed by atoms with van der Waals surface area (Å²) in [5, 5.41) is 2.76. The van der Waals surface area contributed by atoms with Crippen molar-refractivity contribution in [3.05, 3.63) is 71.9 Å². The SMILES string of the molecule is O=C(NCc1cn2ccccc2n1)c1ccc(F)cc1.